The highest BCUT2D eigenvalue weighted by Crippen LogP contribution is 2.15. The Balaban J connectivity index is 2.73. The van der Waals surface area contributed by atoms with Crippen molar-refractivity contribution in [3.05, 3.63) is 23.9 Å². The van der Waals surface area contributed by atoms with Crippen molar-refractivity contribution in [1.29, 1.82) is 0 Å². The van der Waals surface area contributed by atoms with Crippen molar-refractivity contribution in [1.82, 2.24) is 10.3 Å². The molecule has 0 fully saturated rings. The molecule has 1 heterocycles. The molecule has 4 heteroatoms. The van der Waals surface area contributed by atoms with Gasteiger partial charge in [-0.2, -0.15) is 0 Å². The molecule has 1 aromatic heterocycles. The average molecular weight is 195 g/mol. The first-order valence-corrected chi connectivity index (χ1v) is 4.61. The Labute approximate surface area is 84.2 Å². The Morgan fingerprint density at radius 3 is 2.93 bits per heavy atom. The molecule has 0 radical (unpaired) electrons. The van der Waals surface area contributed by atoms with Crippen molar-refractivity contribution < 1.29 is 5.11 Å². The SMILES string of the molecule is CNCC(C)(O)Cc1cccnc1N. The number of aromatic nitrogens is 1. The van der Waals surface area contributed by atoms with Gasteiger partial charge in [0.05, 0.1) is 5.60 Å². The highest BCUT2D eigenvalue weighted by Gasteiger charge is 2.20. The Bertz CT molecular complexity index is 299. The molecule has 78 valence electrons. The van der Waals surface area contributed by atoms with Gasteiger partial charge in [-0.1, -0.05) is 6.07 Å². The summed E-state index contributed by atoms with van der Waals surface area (Å²) in [6.45, 7) is 2.30. The third-order valence-corrected chi connectivity index (χ3v) is 2.05. The third-order valence-electron chi connectivity index (χ3n) is 2.05. The van der Waals surface area contributed by atoms with Crippen LogP contribution in [0.3, 0.4) is 0 Å². The minimum Gasteiger partial charge on any atom is -0.389 e. The van der Waals surface area contributed by atoms with Crippen LogP contribution in [0.2, 0.25) is 0 Å². The lowest BCUT2D eigenvalue weighted by Crippen LogP contribution is -2.38. The van der Waals surface area contributed by atoms with Gasteiger partial charge in [-0.15, -0.1) is 0 Å². The predicted molar refractivity (Wildman–Crippen MR) is 56.9 cm³/mol. The fourth-order valence-corrected chi connectivity index (χ4v) is 1.45. The highest BCUT2D eigenvalue weighted by molar-refractivity contribution is 5.39. The fraction of sp³-hybridized carbons (Fsp3) is 0.500. The van der Waals surface area contributed by atoms with E-state index in [2.05, 4.69) is 10.3 Å². The Hall–Kier alpha value is -1.13. The molecule has 14 heavy (non-hydrogen) atoms. The summed E-state index contributed by atoms with van der Waals surface area (Å²) in [5, 5.41) is 12.9. The molecule has 0 aliphatic heterocycles. The van der Waals surface area contributed by atoms with E-state index in [-0.39, 0.29) is 0 Å². The maximum atomic E-state index is 9.95. The summed E-state index contributed by atoms with van der Waals surface area (Å²) in [6.07, 6.45) is 2.15. The number of rotatable bonds is 4. The second-order valence-corrected chi connectivity index (χ2v) is 3.75. The monoisotopic (exact) mass is 195 g/mol. The molecule has 4 nitrogen and oxygen atoms in total. The number of nitrogen functional groups attached to an aromatic ring is 1. The van der Waals surface area contributed by atoms with E-state index < -0.39 is 5.60 Å². The number of anilines is 1. The van der Waals surface area contributed by atoms with Crippen LogP contribution in [0.4, 0.5) is 5.82 Å². The van der Waals surface area contributed by atoms with Crippen molar-refractivity contribution in [2.75, 3.05) is 19.3 Å². The zero-order chi connectivity index (χ0) is 10.6. The molecule has 1 rings (SSSR count). The number of nitrogens with two attached hydrogens (primary N) is 1. The topological polar surface area (TPSA) is 71.2 Å². The quantitative estimate of drug-likeness (QED) is 0.641. The number of nitrogens with zero attached hydrogens (tertiary/aromatic N) is 1. The lowest BCUT2D eigenvalue weighted by Gasteiger charge is -2.23. The van der Waals surface area contributed by atoms with Crippen LogP contribution >= 0.6 is 0 Å². The van der Waals surface area contributed by atoms with Gasteiger partial charge in [-0.3, -0.25) is 0 Å². The van der Waals surface area contributed by atoms with Gasteiger partial charge in [-0.25, -0.2) is 4.98 Å². The van der Waals surface area contributed by atoms with Gasteiger partial charge >= 0.3 is 0 Å². The number of aliphatic hydroxyl groups is 1. The predicted octanol–water partition coefficient (Wildman–Crippen LogP) is 0.177. The van der Waals surface area contributed by atoms with E-state index >= 15 is 0 Å². The summed E-state index contributed by atoms with van der Waals surface area (Å²) in [4.78, 5) is 3.97. The van der Waals surface area contributed by atoms with Gasteiger partial charge in [0.2, 0.25) is 0 Å². The maximum Gasteiger partial charge on any atom is 0.126 e. The van der Waals surface area contributed by atoms with Crippen LogP contribution in [0.25, 0.3) is 0 Å². The standard InChI is InChI=1S/C10H17N3O/c1-10(14,7-12-2)6-8-4-3-5-13-9(8)11/h3-5,12,14H,6-7H2,1-2H3,(H2,11,13). The molecule has 0 saturated carbocycles. The van der Waals surface area contributed by atoms with Crippen molar-refractivity contribution >= 4 is 5.82 Å². The summed E-state index contributed by atoms with van der Waals surface area (Å²) in [5.41, 5.74) is 5.78. The third kappa shape index (κ3) is 2.97. The van der Waals surface area contributed by atoms with Gasteiger partial charge in [0.1, 0.15) is 5.82 Å². The first kappa shape index (κ1) is 10.9. The second kappa shape index (κ2) is 4.39. The van der Waals surface area contributed by atoms with Gasteiger partial charge in [0.15, 0.2) is 0 Å². The van der Waals surface area contributed by atoms with Crippen LogP contribution in [0, 0.1) is 0 Å². The summed E-state index contributed by atoms with van der Waals surface area (Å²) >= 11 is 0. The molecule has 0 aliphatic rings. The zero-order valence-electron chi connectivity index (χ0n) is 8.62. The van der Waals surface area contributed by atoms with Crippen molar-refractivity contribution in [3.63, 3.8) is 0 Å². The normalized spacial score (nSPS) is 15.1. The lowest BCUT2D eigenvalue weighted by molar-refractivity contribution is 0.0623. The largest absolute Gasteiger partial charge is 0.389 e. The minimum atomic E-state index is -0.786. The van der Waals surface area contributed by atoms with Crippen molar-refractivity contribution in [3.8, 4) is 0 Å². The minimum absolute atomic E-state index is 0.490. The van der Waals surface area contributed by atoms with Crippen LogP contribution in [0.15, 0.2) is 18.3 Å². The summed E-state index contributed by atoms with van der Waals surface area (Å²) in [5.74, 6) is 0.490. The van der Waals surface area contributed by atoms with E-state index in [1.165, 1.54) is 0 Å². The maximum absolute atomic E-state index is 9.95. The fourth-order valence-electron chi connectivity index (χ4n) is 1.45. The Morgan fingerprint density at radius 1 is 1.64 bits per heavy atom. The number of likely N-dealkylation sites (N-methyl/N-ethyl adjacent to an activating group) is 1. The molecular formula is C10H17N3O. The van der Waals surface area contributed by atoms with Gasteiger partial charge in [0.25, 0.3) is 0 Å². The number of hydrogen-bond donors (Lipinski definition) is 3. The lowest BCUT2D eigenvalue weighted by atomic mass is 9.97. The summed E-state index contributed by atoms with van der Waals surface area (Å²) < 4.78 is 0. The molecule has 0 spiro atoms. The molecule has 0 bridgehead atoms. The van der Waals surface area contributed by atoms with Crippen molar-refractivity contribution in [2.45, 2.75) is 18.9 Å². The molecule has 1 atom stereocenters. The molecular weight excluding hydrogens is 178 g/mol. The van der Waals surface area contributed by atoms with Gasteiger partial charge < -0.3 is 16.2 Å². The van der Waals surface area contributed by atoms with E-state index in [1.54, 1.807) is 20.2 Å². The molecule has 0 aromatic carbocycles. The first-order chi connectivity index (χ1) is 6.55. The number of nitrogens with one attached hydrogen (secondary N) is 1. The number of hydrogen-bond acceptors (Lipinski definition) is 4. The van der Waals surface area contributed by atoms with Crippen LogP contribution < -0.4 is 11.1 Å². The molecule has 0 aliphatic carbocycles. The van der Waals surface area contributed by atoms with Gasteiger partial charge in [-0.05, 0) is 25.6 Å². The smallest absolute Gasteiger partial charge is 0.126 e. The van der Waals surface area contributed by atoms with E-state index in [9.17, 15) is 5.11 Å². The van der Waals surface area contributed by atoms with E-state index in [4.69, 9.17) is 5.73 Å². The van der Waals surface area contributed by atoms with Crippen molar-refractivity contribution in [2.24, 2.45) is 0 Å². The number of pyridine rings is 1. The highest BCUT2D eigenvalue weighted by atomic mass is 16.3. The molecule has 1 unspecified atom stereocenters. The van der Waals surface area contributed by atoms with Crippen LogP contribution in [-0.4, -0.2) is 29.3 Å². The van der Waals surface area contributed by atoms with E-state index in [1.807, 2.05) is 12.1 Å². The molecule has 0 saturated heterocycles. The van der Waals surface area contributed by atoms with E-state index in [0.717, 1.165) is 5.56 Å². The van der Waals surface area contributed by atoms with Crippen LogP contribution in [0.1, 0.15) is 12.5 Å². The molecule has 0 amide bonds. The first-order valence-electron chi connectivity index (χ1n) is 4.61. The van der Waals surface area contributed by atoms with Crippen LogP contribution in [0.5, 0.6) is 0 Å². The summed E-state index contributed by atoms with van der Waals surface area (Å²) in [7, 11) is 1.81. The molecule has 4 N–H and O–H groups in total. The van der Waals surface area contributed by atoms with Crippen LogP contribution in [-0.2, 0) is 6.42 Å². The Kier molecular flexibility index (Phi) is 3.43. The van der Waals surface area contributed by atoms with E-state index in [0.29, 0.717) is 18.8 Å². The average Bonchev–Trinajstić information content (AvgIpc) is 2.08. The Morgan fingerprint density at radius 2 is 2.36 bits per heavy atom. The summed E-state index contributed by atoms with van der Waals surface area (Å²) in [6, 6.07) is 3.70. The van der Waals surface area contributed by atoms with Gasteiger partial charge in [0, 0.05) is 19.2 Å². The second-order valence-electron chi connectivity index (χ2n) is 3.75. The zero-order valence-corrected chi connectivity index (χ0v) is 8.62. The molecule has 1 aromatic rings.